The molecule has 19 heavy (non-hydrogen) atoms. The summed E-state index contributed by atoms with van der Waals surface area (Å²) in [5, 5.41) is 0. The van der Waals surface area contributed by atoms with Crippen LogP contribution in [0.25, 0.3) is 0 Å². The molecule has 0 bridgehead atoms. The van der Waals surface area contributed by atoms with Crippen LogP contribution in [-0.2, 0) is 5.75 Å². The average Bonchev–Trinajstić information content (AvgIpc) is 2.89. The molecule has 0 saturated carbocycles. The van der Waals surface area contributed by atoms with Gasteiger partial charge >= 0.3 is 0 Å². The summed E-state index contributed by atoms with van der Waals surface area (Å²) in [7, 11) is 0. The molecule has 2 rings (SSSR count). The Balaban J connectivity index is 2.21. The van der Waals surface area contributed by atoms with Crippen LogP contribution in [0, 0.1) is 5.82 Å². The average molecular weight is 282 g/mol. The Kier molecular flexibility index (Phi) is 4.82. The molecule has 5 heteroatoms. The summed E-state index contributed by atoms with van der Waals surface area (Å²) >= 11 is 1.54. The lowest BCUT2D eigenvalue weighted by Crippen LogP contribution is -2.39. The van der Waals surface area contributed by atoms with Gasteiger partial charge in [0, 0.05) is 30.4 Å². The Bertz CT molecular complexity index is 467. The number of likely N-dealkylation sites (tertiary alicyclic amines) is 1. The van der Waals surface area contributed by atoms with Gasteiger partial charge in [0.15, 0.2) is 0 Å². The zero-order valence-electron chi connectivity index (χ0n) is 11.1. The minimum Gasteiger partial charge on any atom is -0.334 e. The number of thioether (sulfide) groups is 1. The van der Waals surface area contributed by atoms with Gasteiger partial charge in [0.2, 0.25) is 0 Å². The number of rotatable bonds is 4. The van der Waals surface area contributed by atoms with Crippen LogP contribution < -0.4 is 5.73 Å². The van der Waals surface area contributed by atoms with Gasteiger partial charge in [-0.3, -0.25) is 4.79 Å². The lowest BCUT2D eigenvalue weighted by molar-refractivity contribution is 0.0741. The molecule has 1 fully saturated rings. The molecule has 3 nitrogen and oxygen atoms in total. The molecule has 1 aliphatic rings. The number of carbonyl (C=O) groups is 1. The van der Waals surface area contributed by atoms with Crippen molar-refractivity contribution in [3.63, 3.8) is 0 Å². The van der Waals surface area contributed by atoms with Crippen LogP contribution in [0.5, 0.6) is 0 Å². The van der Waals surface area contributed by atoms with Crippen molar-refractivity contribution in [3.8, 4) is 0 Å². The number of hydrogen-bond donors (Lipinski definition) is 1. The van der Waals surface area contributed by atoms with Gasteiger partial charge in [-0.25, -0.2) is 4.39 Å². The fourth-order valence-electron chi connectivity index (χ4n) is 2.49. The molecule has 2 N–H and O–H groups in total. The van der Waals surface area contributed by atoms with E-state index in [2.05, 4.69) is 0 Å². The SMILES string of the molecule is CSCc1cc(C(=O)N2CCCC2CN)ccc1F. The first kappa shape index (κ1) is 14.3. The highest BCUT2D eigenvalue weighted by molar-refractivity contribution is 7.97. The first-order valence-electron chi connectivity index (χ1n) is 6.45. The third-order valence-corrected chi connectivity index (χ3v) is 4.10. The van der Waals surface area contributed by atoms with Crippen molar-refractivity contribution in [1.29, 1.82) is 0 Å². The maximum absolute atomic E-state index is 13.6. The number of carbonyl (C=O) groups excluding carboxylic acids is 1. The highest BCUT2D eigenvalue weighted by Crippen LogP contribution is 2.21. The second-order valence-corrected chi connectivity index (χ2v) is 5.64. The number of nitrogens with two attached hydrogens (primary N) is 1. The van der Waals surface area contributed by atoms with Gasteiger partial charge in [0.1, 0.15) is 5.82 Å². The molecule has 1 amide bonds. The number of halogens is 1. The summed E-state index contributed by atoms with van der Waals surface area (Å²) in [4.78, 5) is 14.2. The molecule has 0 aromatic heterocycles. The van der Waals surface area contributed by atoms with Crippen molar-refractivity contribution in [3.05, 3.63) is 35.1 Å². The van der Waals surface area contributed by atoms with Gasteiger partial charge in [-0.05, 0) is 42.9 Å². The minimum absolute atomic E-state index is 0.0321. The standard InChI is InChI=1S/C14H19FN2OS/c1-19-9-11-7-10(4-5-13(11)15)14(18)17-6-2-3-12(17)8-16/h4-5,7,12H,2-3,6,8-9,16H2,1H3. The van der Waals surface area contributed by atoms with Crippen molar-refractivity contribution in [1.82, 2.24) is 4.90 Å². The second kappa shape index (κ2) is 6.39. The van der Waals surface area contributed by atoms with Gasteiger partial charge in [0.25, 0.3) is 5.91 Å². The van der Waals surface area contributed by atoms with E-state index in [-0.39, 0.29) is 17.8 Å². The van der Waals surface area contributed by atoms with Crippen molar-refractivity contribution >= 4 is 17.7 Å². The van der Waals surface area contributed by atoms with Crippen LogP contribution in [0.4, 0.5) is 4.39 Å². The summed E-state index contributed by atoms with van der Waals surface area (Å²) in [5.41, 5.74) is 6.83. The number of nitrogens with zero attached hydrogens (tertiary/aromatic N) is 1. The maximum atomic E-state index is 13.6. The van der Waals surface area contributed by atoms with E-state index in [1.807, 2.05) is 11.2 Å². The first-order chi connectivity index (χ1) is 9.17. The first-order valence-corrected chi connectivity index (χ1v) is 7.85. The molecular formula is C14H19FN2OS. The molecule has 0 radical (unpaired) electrons. The summed E-state index contributed by atoms with van der Waals surface area (Å²) in [5.74, 6) is 0.297. The Morgan fingerprint density at radius 2 is 2.37 bits per heavy atom. The Morgan fingerprint density at radius 3 is 3.05 bits per heavy atom. The van der Waals surface area contributed by atoms with E-state index < -0.39 is 0 Å². The lowest BCUT2D eigenvalue weighted by atomic mass is 10.1. The predicted molar refractivity (Wildman–Crippen MR) is 76.7 cm³/mol. The van der Waals surface area contributed by atoms with Gasteiger partial charge in [0.05, 0.1) is 0 Å². The zero-order chi connectivity index (χ0) is 13.8. The maximum Gasteiger partial charge on any atom is 0.254 e. The molecule has 1 aromatic carbocycles. The highest BCUT2D eigenvalue weighted by Gasteiger charge is 2.28. The van der Waals surface area contributed by atoms with Crippen LogP contribution in [0.3, 0.4) is 0 Å². The fraction of sp³-hybridized carbons (Fsp3) is 0.500. The Labute approximate surface area is 117 Å². The second-order valence-electron chi connectivity index (χ2n) is 4.77. The smallest absolute Gasteiger partial charge is 0.254 e. The van der Waals surface area contributed by atoms with Gasteiger partial charge in [-0.15, -0.1) is 0 Å². The quantitative estimate of drug-likeness (QED) is 0.921. The predicted octanol–water partition coefficient (Wildman–Crippen LogP) is 2.25. The van der Waals surface area contributed by atoms with Crippen molar-refractivity contribution < 1.29 is 9.18 Å². The van der Waals surface area contributed by atoms with E-state index in [1.54, 1.807) is 23.9 Å². The van der Waals surface area contributed by atoms with Crippen LogP contribution in [0.1, 0.15) is 28.8 Å². The monoisotopic (exact) mass is 282 g/mol. The molecular weight excluding hydrogens is 263 g/mol. The molecule has 0 aliphatic carbocycles. The van der Waals surface area contributed by atoms with E-state index in [1.165, 1.54) is 6.07 Å². The largest absolute Gasteiger partial charge is 0.334 e. The zero-order valence-corrected chi connectivity index (χ0v) is 11.9. The molecule has 1 saturated heterocycles. The summed E-state index contributed by atoms with van der Waals surface area (Å²) < 4.78 is 13.6. The summed E-state index contributed by atoms with van der Waals surface area (Å²) in [6.07, 6.45) is 3.87. The minimum atomic E-state index is -0.248. The molecule has 104 valence electrons. The van der Waals surface area contributed by atoms with Crippen LogP contribution in [0.15, 0.2) is 18.2 Å². The normalized spacial score (nSPS) is 18.9. The van der Waals surface area contributed by atoms with Crippen molar-refractivity contribution in [2.45, 2.75) is 24.6 Å². The van der Waals surface area contributed by atoms with Crippen LogP contribution in [0.2, 0.25) is 0 Å². The summed E-state index contributed by atoms with van der Waals surface area (Å²) in [6.45, 7) is 1.24. The summed E-state index contributed by atoms with van der Waals surface area (Å²) in [6, 6.07) is 4.74. The van der Waals surface area contributed by atoms with Crippen LogP contribution in [-0.4, -0.2) is 36.2 Å². The Morgan fingerprint density at radius 1 is 1.58 bits per heavy atom. The Hall–Kier alpha value is -1.07. The number of hydrogen-bond acceptors (Lipinski definition) is 3. The fourth-order valence-corrected chi connectivity index (χ4v) is 3.02. The number of amides is 1. The topological polar surface area (TPSA) is 46.3 Å². The van der Waals surface area contributed by atoms with Gasteiger partial charge < -0.3 is 10.6 Å². The molecule has 1 unspecified atom stereocenters. The molecule has 0 spiro atoms. The van der Waals surface area contributed by atoms with E-state index in [0.29, 0.717) is 23.4 Å². The third kappa shape index (κ3) is 3.09. The third-order valence-electron chi connectivity index (χ3n) is 3.50. The lowest BCUT2D eigenvalue weighted by Gasteiger charge is -2.23. The molecule has 1 aliphatic heterocycles. The molecule has 1 heterocycles. The van der Waals surface area contributed by atoms with Gasteiger partial charge in [-0.2, -0.15) is 11.8 Å². The number of benzene rings is 1. The molecule has 1 atom stereocenters. The van der Waals surface area contributed by atoms with Crippen molar-refractivity contribution in [2.24, 2.45) is 5.73 Å². The van der Waals surface area contributed by atoms with Crippen molar-refractivity contribution in [2.75, 3.05) is 19.3 Å². The highest BCUT2D eigenvalue weighted by atomic mass is 32.2. The van der Waals surface area contributed by atoms with E-state index in [4.69, 9.17) is 5.73 Å². The van der Waals surface area contributed by atoms with Crippen LogP contribution >= 0.6 is 11.8 Å². The molecule has 1 aromatic rings. The van der Waals surface area contributed by atoms with E-state index in [0.717, 1.165) is 19.4 Å². The van der Waals surface area contributed by atoms with Gasteiger partial charge in [-0.1, -0.05) is 0 Å². The van der Waals surface area contributed by atoms with E-state index >= 15 is 0 Å². The van der Waals surface area contributed by atoms with E-state index in [9.17, 15) is 9.18 Å².